The van der Waals surface area contributed by atoms with E-state index in [4.69, 9.17) is 0 Å². The van der Waals surface area contributed by atoms with Crippen LogP contribution >= 0.6 is 15.1 Å². The first-order valence-electron chi connectivity index (χ1n) is 2.59. The first-order chi connectivity index (χ1) is 3.71. The van der Waals surface area contributed by atoms with Gasteiger partial charge in [-0.1, -0.05) is 26.7 Å². The molecule has 0 aromatic rings. The second-order valence-electron chi connectivity index (χ2n) is 2.37. The first kappa shape index (κ1) is 6.33. The maximum Gasteiger partial charge on any atom is -0.0342 e. The van der Waals surface area contributed by atoms with Crippen molar-refractivity contribution in [1.82, 2.24) is 0 Å². The molecular weight excluding hydrogens is 134 g/mol. The number of hydrogen-bond donors (Lipinski definition) is 0. The second kappa shape index (κ2) is 2.21. The van der Waals surface area contributed by atoms with E-state index in [0.717, 1.165) is 0 Å². The Balaban J connectivity index is 3.00. The van der Waals surface area contributed by atoms with Crippen LogP contribution in [0.1, 0.15) is 0 Å². The van der Waals surface area contributed by atoms with Crippen molar-refractivity contribution >= 4 is 26.7 Å². The van der Waals surface area contributed by atoms with Crippen LogP contribution in [0.4, 0.5) is 0 Å². The fourth-order valence-electron chi connectivity index (χ4n) is 0.520. The Hall–Kier alpha value is 0.210. The van der Waals surface area contributed by atoms with Crippen molar-refractivity contribution in [2.24, 2.45) is 0 Å². The third-order valence-electron chi connectivity index (χ3n) is 1.07. The lowest BCUT2D eigenvalue weighted by Gasteiger charge is -2.07. The summed E-state index contributed by atoms with van der Waals surface area (Å²) in [6, 6.07) is 0. The Bertz CT molecular complexity index is 181. The zero-order chi connectivity index (χ0) is 6.04. The van der Waals surface area contributed by atoms with Gasteiger partial charge in [0, 0.05) is 0 Å². The normalized spacial score (nSPS) is 24.8. The molecule has 0 aliphatic carbocycles. The van der Waals surface area contributed by atoms with Gasteiger partial charge in [0.1, 0.15) is 0 Å². The van der Waals surface area contributed by atoms with Crippen molar-refractivity contribution in [2.75, 3.05) is 13.3 Å². The summed E-state index contributed by atoms with van der Waals surface area (Å²) in [5.41, 5.74) is 0. The van der Waals surface area contributed by atoms with Crippen LogP contribution in [0, 0.1) is 0 Å². The van der Waals surface area contributed by atoms with Crippen molar-refractivity contribution in [3.05, 3.63) is 11.6 Å². The van der Waals surface area contributed by atoms with Gasteiger partial charge in [0.15, 0.2) is 0 Å². The van der Waals surface area contributed by atoms with E-state index in [9.17, 15) is 0 Å². The molecule has 1 heterocycles. The Morgan fingerprint density at radius 3 is 2.38 bits per heavy atom. The molecule has 0 atom stereocenters. The van der Waals surface area contributed by atoms with Gasteiger partial charge < -0.3 is 0 Å². The summed E-state index contributed by atoms with van der Waals surface area (Å²) >= 11 is 0. The molecule has 0 nitrogen and oxygen atoms in total. The molecule has 0 fully saturated rings. The molecule has 0 radical (unpaired) electrons. The molecule has 0 aromatic heterocycles. The summed E-state index contributed by atoms with van der Waals surface area (Å²) in [4.78, 5) is 0. The van der Waals surface area contributed by atoms with Crippen LogP contribution < -0.4 is 0 Å². The van der Waals surface area contributed by atoms with E-state index in [1.54, 1.807) is 0 Å². The lowest BCUT2D eigenvalue weighted by atomic mass is 11.0. The standard InChI is InChI=1S/C6H10P2/c1-8(2)5-3-7-4-6-8/h3-6H,1-2H3. The fraction of sp³-hybridized carbons (Fsp3) is 0.333. The predicted octanol–water partition coefficient (Wildman–Crippen LogP) is 2.30. The van der Waals surface area contributed by atoms with Crippen molar-refractivity contribution in [3.63, 3.8) is 0 Å². The van der Waals surface area contributed by atoms with Gasteiger partial charge in [0.25, 0.3) is 0 Å². The molecule has 1 aliphatic heterocycles. The molecule has 1 rings (SSSR count). The largest absolute Gasteiger partial charge is 0.0899 e. The lowest BCUT2D eigenvalue weighted by molar-refractivity contribution is 2.17. The van der Waals surface area contributed by atoms with Gasteiger partial charge in [-0.15, -0.1) is 0 Å². The summed E-state index contributed by atoms with van der Waals surface area (Å²) in [6.07, 6.45) is 0. The highest BCUT2D eigenvalue weighted by atomic mass is 31.2. The smallest absolute Gasteiger partial charge is 0.0342 e. The van der Waals surface area contributed by atoms with E-state index in [1.165, 1.54) is 8.20 Å². The molecule has 0 unspecified atom stereocenters. The SMILES string of the molecule is CP1(C)=CC=PC=C1. The molecule has 1 aliphatic rings. The molecular formula is C6H10P2. The molecule has 0 saturated carbocycles. The maximum atomic E-state index is 2.34. The van der Waals surface area contributed by atoms with Crippen LogP contribution in [-0.4, -0.2) is 24.9 Å². The highest BCUT2D eigenvalue weighted by molar-refractivity contribution is 7.80. The van der Waals surface area contributed by atoms with Gasteiger partial charge in [-0.3, -0.25) is 0 Å². The number of rotatable bonds is 0. The van der Waals surface area contributed by atoms with Gasteiger partial charge in [0.2, 0.25) is 0 Å². The van der Waals surface area contributed by atoms with Gasteiger partial charge in [0.05, 0.1) is 0 Å². The average Bonchev–Trinajstić information content (AvgIpc) is 1.65. The molecule has 0 spiro atoms. The van der Waals surface area contributed by atoms with Gasteiger partial charge in [-0.25, -0.2) is 0 Å². The van der Waals surface area contributed by atoms with E-state index < -0.39 is 6.89 Å². The minimum absolute atomic E-state index is 0.705. The molecule has 2 heteroatoms. The highest BCUT2D eigenvalue weighted by Gasteiger charge is 1.95. The molecule has 8 heavy (non-hydrogen) atoms. The quantitative estimate of drug-likeness (QED) is 0.457. The second-order valence-corrected chi connectivity index (χ2v) is 7.12. The zero-order valence-electron chi connectivity index (χ0n) is 5.20. The monoisotopic (exact) mass is 144 g/mol. The topological polar surface area (TPSA) is 0 Å². The summed E-state index contributed by atoms with van der Waals surface area (Å²) in [5.74, 6) is 9.14. The summed E-state index contributed by atoms with van der Waals surface area (Å²) in [6.45, 7) is 3.92. The summed E-state index contributed by atoms with van der Waals surface area (Å²) in [5, 5.41) is 0. The van der Waals surface area contributed by atoms with Crippen molar-refractivity contribution < 1.29 is 0 Å². The van der Waals surface area contributed by atoms with Crippen LogP contribution in [0.25, 0.3) is 0 Å². The molecule has 44 valence electrons. The molecule has 0 bridgehead atoms. The Labute approximate surface area is 52.4 Å². The van der Waals surface area contributed by atoms with Crippen LogP contribution in [0.5, 0.6) is 0 Å². The predicted molar refractivity (Wildman–Crippen MR) is 47.0 cm³/mol. The third-order valence-corrected chi connectivity index (χ3v) is 4.02. The Morgan fingerprint density at radius 1 is 1.38 bits per heavy atom. The van der Waals surface area contributed by atoms with Crippen molar-refractivity contribution in [3.8, 4) is 0 Å². The van der Waals surface area contributed by atoms with Crippen LogP contribution in [0.15, 0.2) is 11.6 Å². The van der Waals surface area contributed by atoms with Crippen LogP contribution in [0.2, 0.25) is 0 Å². The van der Waals surface area contributed by atoms with Gasteiger partial charge >= 0.3 is 0 Å². The minimum Gasteiger partial charge on any atom is -0.0899 e. The zero-order valence-corrected chi connectivity index (χ0v) is 6.99. The van der Waals surface area contributed by atoms with Crippen molar-refractivity contribution in [1.29, 1.82) is 0 Å². The Kier molecular flexibility index (Phi) is 1.75. The maximum absolute atomic E-state index is 2.34. The van der Waals surface area contributed by atoms with Gasteiger partial charge in [-0.2, -0.15) is 0 Å². The fourth-order valence-corrected chi connectivity index (χ4v) is 4.08. The Morgan fingerprint density at radius 2 is 2.12 bits per heavy atom. The minimum atomic E-state index is -0.705. The van der Waals surface area contributed by atoms with E-state index in [-0.39, 0.29) is 0 Å². The molecule has 0 amide bonds. The highest BCUT2D eigenvalue weighted by Crippen LogP contribution is 2.41. The van der Waals surface area contributed by atoms with E-state index in [0.29, 0.717) is 0 Å². The van der Waals surface area contributed by atoms with Crippen LogP contribution in [0.3, 0.4) is 0 Å². The molecule has 0 aromatic carbocycles. The third kappa shape index (κ3) is 1.62. The lowest BCUT2D eigenvalue weighted by Crippen LogP contribution is -1.80. The molecule has 0 N–H and O–H groups in total. The van der Waals surface area contributed by atoms with Gasteiger partial charge in [-0.05, 0) is 24.9 Å². The first-order valence-corrected chi connectivity index (χ1v) is 6.45. The van der Waals surface area contributed by atoms with Crippen molar-refractivity contribution in [2.45, 2.75) is 0 Å². The van der Waals surface area contributed by atoms with Crippen LogP contribution in [-0.2, 0) is 0 Å². The summed E-state index contributed by atoms with van der Waals surface area (Å²) in [7, 11) is 1.35. The average molecular weight is 144 g/mol. The van der Waals surface area contributed by atoms with E-state index in [2.05, 4.69) is 36.6 Å². The summed E-state index contributed by atoms with van der Waals surface area (Å²) < 4.78 is 0. The molecule has 0 saturated heterocycles. The van der Waals surface area contributed by atoms with E-state index in [1.807, 2.05) is 0 Å². The van der Waals surface area contributed by atoms with E-state index >= 15 is 0 Å². The number of hydrogen-bond acceptors (Lipinski definition) is 0.